The summed E-state index contributed by atoms with van der Waals surface area (Å²) in [5.74, 6) is 1.69. The molecule has 2 aliphatic heterocycles. The molecule has 0 bridgehead atoms. The van der Waals surface area contributed by atoms with Gasteiger partial charge in [-0.2, -0.15) is 0 Å². The molecule has 1 aromatic rings. The van der Waals surface area contributed by atoms with Crippen molar-refractivity contribution in [3.63, 3.8) is 0 Å². The lowest BCUT2D eigenvalue weighted by Crippen LogP contribution is -2.33. The van der Waals surface area contributed by atoms with Gasteiger partial charge in [-0.25, -0.2) is 0 Å². The first kappa shape index (κ1) is 14.4. The number of carbonyl (C=O) groups excluding carboxylic acids is 1. The van der Waals surface area contributed by atoms with Gasteiger partial charge in [-0.1, -0.05) is 13.3 Å². The van der Waals surface area contributed by atoms with Crippen LogP contribution in [0.15, 0.2) is 18.2 Å². The van der Waals surface area contributed by atoms with Crippen molar-refractivity contribution in [1.82, 2.24) is 5.32 Å². The minimum absolute atomic E-state index is 0.241. The van der Waals surface area contributed by atoms with Crippen LogP contribution in [0.4, 0.5) is 0 Å². The Bertz CT molecular complexity index is 521. The third-order valence-corrected chi connectivity index (χ3v) is 4.46. The molecule has 2 heterocycles. The third-order valence-electron chi connectivity index (χ3n) is 4.46. The summed E-state index contributed by atoms with van der Waals surface area (Å²) < 4.78 is 11.3. The summed E-state index contributed by atoms with van der Waals surface area (Å²) in [5.41, 5.74) is 0.505. The summed E-state index contributed by atoms with van der Waals surface area (Å²) in [5, 5.41) is 3.34. The first-order valence-corrected chi connectivity index (χ1v) is 7.90. The van der Waals surface area contributed by atoms with Crippen molar-refractivity contribution in [3.05, 3.63) is 23.8 Å². The van der Waals surface area contributed by atoms with E-state index in [0.29, 0.717) is 19.0 Å². The number of ether oxygens (including phenoxy) is 2. The van der Waals surface area contributed by atoms with E-state index in [-0.39, 0.29) is 11.2 Å². The summed E-state index contributed by atoms with van der Waals surface area (Å²) in [7, 11) is 0. The van der Waals surface area contributed by atoms with Gasteiger partial charge in [0.2, 0.25) is 0 Å². The Balaban J connectivity index is 1.89. The lowest BCUT2D eigenvalue weighted by Gasteiger charge is -2.26. The Labute approximate surface area is 125 Å². The highest BCUT2D eigenvalue weighted by Crippen LogP contribution is 2.37. The highest BCUT2D eigenvalue weighted by Gasteiger charge is 2.40. The molecule has 21 heavy (non-hydrogen) atoms. The number of hydrogen-bond donors (Lipinski definition) is 1. The highest BCUT2D eigenvalue weighted by molar-refractivity contribution is 6.01. The Morgan fingerprint density at radius 1 is 1.29 bits per heavy atom. The van der Waals surface area contributed by atoms with Crippen molar-refractivity contribution in [3.8, 4) is 11.5 Å². The van der Waals surface area contributed by atoms with E-state index in [1.54, 1.807) is 0 Å². The zero-order valence-electron chi connectivity index (χ0n) is 12.6. The Morgan fingerprint density at radius 3 is 2.81 bits per heavy atom. The van der Waals surface area contributed by atoms with E-state index in [0.717, 1.165) is 50.1 Å². The van der Waals surface area contributed by atoms with Gasteiger partial charge < -0.3 is 14.8 Å². The molecule has 1 atom stereocenters. The van der Waals surface area contributed by atoms with E-state index in [4.69, 9.17) is 9.47 Å². The van der Waals surface area contributed by atoms with Crippen molar-refractivity contribution >= 4 is 5.78 Å². The molecule has 0 aromatic heterocycles. The largest absolute Gasteiger partial charge is 0.490 e. The fourth-order valence-corrected chi connectivity index (χ4v) is 3.35. The minimum atomic E-state index is -0.241. The minimum Gasteiger partial charge on any atom is -0.490 e. The summed E-state index contributed by atoms with van der Waals surface area (Å²) in [6.45, 7) is 5.17. The molecule has 1 unspecified atom stereocenters. The van der Waals surface area contributed by atoms with Crippen molar-refractivity contribution in [1.29, 1.82) is 0 Å². The fourth-order valence-electron chi connectivity index (χ4n) is 3.35. The maximum Gasteiger partial charge on any atom is 0.170 e. The number of hydrogen-bond acceptors (Lipinski definition) is 4. The van der Waals surface area contributed by atoms with Crippen LogP contribution < -0.4 is 14.8 Å². The summed E-state index contributed by atoms with van der Waals surface area (Å²) >= 11 is 0. The predicted octanol–water partition coefficient (Wildman–Crippen LogP) is 2.81. The van der Waals surface area contributed by atoms with E-state index >= 15 is 0 Å². The first-order chi connectivity index (χ1) is 10.2. The van der Waals surface area contributed by atoms with E-state index in [9.17, 15) is 4.79 Å². The SMILES string of the molecule is CCCC1(C(=O)c2ccc3c(c2)OCCCO3)CCNC1. The van der Waals surface area contributed by atoms with Gasteiger partial charge in [0.25, 0.3) is 0 Å². The van der Waals surface area contributed by atoms with Crippen molar-refractivity contribution in [2.75, 3.05) is 26.3 Å². The third kappa shape index (κ3) is 2.77. The molecular formula is C17H23NO3. The van der Waals surface area contributed by atoms with Crippen molar-refractivity contribution in [2.45, 2.75) is 32.6 Å². The molecule has 1 aromatic carbocycles. The summed E-state index contributed by atoms with van der Waals surface area (Å²) in [6.07, 6.45) is 3.76. The zero-order valence-corrected chi connectivity index (χ0v) is 12.6. The van der Waals surface area contributed by atoms with Crippen LogP contribution in [-0.2, 0) is 0 Å². The number of benzene rings is 1. The lowest BCUT2D eigenvalue weighted by molar-refractivity contribution is 0.0801. The Kier molecular flexibility index (Phi) is 4.15. The van der Waals surface area contributed by atoms with E-state index in [2.05, 4.69) is 12.2 Å². The quantitative estimate of drug-likeness (QED) is 0.866. The van der Waals surface area contributed by atoms with Crippen LogP contribution in [0.2, 0.25) is 0 Å². The second kappa shape index (κ2) is 6.06. The van der Waals surface area contributed by atoms with E-state index in [1.807, 2.05) is 18.2 Å². The fraction of sp³-hybridized carbons (Fsp3) is 0.588. The topological polar surface area (TPSA) is 47.6 Å². The molecule has 114 valence electrons. The van der Waals surface area contributed by atoms with E-state index in [1.165, 1.54) is 0 Å². The number of nitrogens with one attached hydrogen (secondary N) is 1. The number of rotatable bonds is 4. The van der Waals surface area contributed by atoms with Crippen LogP contribution in [0.3, 0.4) is 0 Å². The van der Waals surface area contributed by atoms with Gasteiger partial charge in [0, 0.05) is 23.9 Å². The van der Waals surface area contributed by atoms with Crippen molar-refractivity contribution < 1.29 is 14.3 Å². The standard InChI is InChI=1S/C17H23NO3/c1-2-6-17(7-8-18-12-17)16(19)13-4-5-14-15(11-13)21-10-3-9-20-14/h4-5,11,18H,2-3,6-10,12H2,1H3. The molecule has 0 spiro atoms. The molecule has 3 rings (SSSR count). The monoisotopic (exact) mass is 289 g/mol. The van der Waals surface area contributed by atoms with Gasteiger partial charge in [-0.3, -0.25) is 4.79 Å². The molecule has 1 saturated heterocycles. The van der Waals surface area contributed by atoms with Crippen LogP contribution in [0, 0.1) is 5.41 Å². The number of carbonyl (C=O) groups is 1. The average molecular weight is 289 g/mol. The number of Topliss-reactive ketones (excluding diaryl/α,β-unsaturated/α-hetero) is 1. The van der Waals surface area contributed by atoms with Crippen LogP contribution in [-0.4, -0.2) is 32.1 Å². The van der Waals surface area contributed by atoms with Gasteiger partial charge in [0.05, 0.1) is 13.2 Å². The van der Waals surface area contributed by atoms with Crippen LogP contribution in [0.1, 0.15) is 43.0 Å². The first-order valence-electron chi connectivity index (χ1n) is 7.90. The molecule has 4 nitrogen and oxygen atoms in total. The van der Waals surface area contributed by atoms with Crippen LogP contribution in [0.25, 0.3) is 0 Å². The second-order valence-electron chi connectivity index (χ2n) is 6.00. The Morgan fingerprint density at radius 2 is 2.10 bits per heavy atom. The predicted molar refractivity (Wildman–Crippen MR) is 81.2 cm³/mol. The number of fused-ring (bicyclic) bond motifs is 1. The van der Waals surface area contributed by atoms with Gasteiger partial charge in [-0.05, 0) is 37.6 Å². The molecule has 2 aliphatic rings. The van der Waals surface area contributed by atoms with Gasteiger partial charge >= 0.3 is 0 Å². The van der Waals surface area contributed by atoms with Crippen LogP contribution >= 0.6 is 0 Å². The second-order valence-corrected chi connectivity index (χ2v) is 6.00. The molecular weight excluding hydrogens is 266 g/mol. The normalized spacial score (nSPS) is 24.6. The smallest absolute Gasteiger partial charge is 0.170 e. The molecule has 0 amide bonds. The van der Waals surface area contributed by atoms with Crippen molar-refractivity contribution in [2.24, 2.45) is 5.41 Å². The molecule has 0 aliphatic carbocycles. The molecule has 1 fully saturated rings. The molecule has 4 heteroatoms. The van der Waals surface area contributed by atoms with Gasteiger partial charge in [-0.15, -0.1) is 0 Å². The maximum atomic E-state index is 13.0. The van der Waals surface area contributed by atoms with Gasteiger partial charge in [0.15, 0.2) is 17.3 Å². The maximum absolute atomic E-state index is 13.0. The summed E-state index contributed by atoms with van der Waals surface area (Å²) in [6, 6.07) is 5.61. The van der Waals surface area contributed by atoms with Crippen LogP contribution in [0.5, 0.6) is 11.5 Å². The lowest BCUT2D eigenvalue weighted by atomic mass is 9.76. The van der Waals surface area contributed by atoms with Gasteiger partial charge in [0.1, 0.15) is 0 Å². The molecule has 1 N–H and O–H groups in total. The summed E-state index contributed by atoms with van der Waals surface area (Å²) in [4.78, 5) is 13.0. The average Bonchev–Trinajstić information content (AvgIpc) is 2.85. The van der Waals surface area contributed by atoms with E-state index < -0.39 is 0 Å². The molecule has 0 radical (unpaired) electrons. The highest BCUT2D eigenvalue weighted by atomic mass is 16.5. The number of ketones is 1. The molecule has 0 saturated carbocycles. The zero-order chi connectivity index (χ0) is 14.7. The Hall–Kier alpha value is -1.55.